The third-order valence-electron chi connectivity index (χ3n) is 4.19. The summed E-state index contributed by atoms with van der Waals surface area (Å²) in [7, 11) is 0. The number of rotatable bonds is 6. The van der Waals surface area contributed by atoms with Gasteiger partial charge in [-0.2, -0.15) is 0 Å². The molecule has 1 aliphatic rings. The van der Waals surface area contributed by atoms with Crippen molar-refractivity contribution in [1.82, 2.24) is 5.32 Å². The largest absolute Gasteiger partial charge is 0.313 e. The molecule has 19 heavy (non-hydrogen) atoms. The molecule has 1 aliphatic carbocycles. The predicted octanol–water partition coefficient (Wildman–Crippen LogP) is 5.06. The van der Waals surface area contributed by atoms with Crippen molar-refractivity contribution in [1.29, 1.82) is 0 Å². The number of benzene rings is 1. The van der Waals surface area contributed by atoms with Gasteiger partial charge in [-0.1, -0.05) is 54.4 Å². The molecule has 0 heterocycles. The van der Waals surface area contributed by atoms with E-state index in [-0.39, 0.29) is 0 Å². The van der Waals surface area contributed by atoms with Gasteiger partial charge in [0.15, 0.2) is 0 Å². The molecule has 2 rings (SSSR count). The first kappa shape index (κ1) is 15.3. The van der Waals surface area contributed by atoms with Crippen molar-refractivity contribution >= 4 is 27.5 Å². The quantitative estimate of drug-likeness (QED) is 0.760. The fourth-order valence-corrected chi connectivity index (χ4v) is 3.56. The van der Waals surface area contributed by atoms with E-state index >= 15 is 0 Å². The molecule has 2 atom stereocenters. The smallest absolute Gasteiger partial charge is 0.0449 e. The molecule has 1 nitrogen and oxygen atoms in total. The Bertz CT molecular complexity index is 444. The van der Waals surface area contributed by atoms with Gasteiger partial charge in [0.25, 0.3) is 0 Å². The maximum Gasteiger partial charge on any atom is 0.0449 e. The van der Waals surface area contributed by atoms with Crippen LogP contribution in [0.5, 0.6) is 0 Å². The average Bonchev–Trinajstić information content (AvgIpc) is 2.96. The van der Waals surface area contributed by atoms with Crippen molar-refractivity contribution < 1.29 is 0 Å². The molecule has 2 unspecified atom stereocenters. The molecule has 0 amide bonds. The first-order valence-electron chi connectivity index (χ1n) is 7.11. The zero-order chi connectivity index (χ0) is 14.0. The third-order valence-corrected chi connectivity index (χ3v) is 5.03. The van der Waals surface area contributed by atoms with Crippen LogP contribution in [0.2, 0.25) is 5.02 Å². The first-order chi connectivity index (χ1) is 8.94. The Morgan fingerprint density at radius 2 is 2.16 bits per heavy atom. The van der Waals surface area contributed by atoms with Gasteiger partial charge in [0, 0.05) is 15.5 Å². The molecule has 1 aromatic carbocycles. The maximum atomic E-state index is 6.35. The van der Waals surface area contributed by atoms with E-state index in [1.165, 1.54) is 18.4 Å². The summed E-state index contributed by atoms with van der Waals surface area (Å²) in [6.07, 6.45) is 3.53. The Morgan fingerprint density at radius 1 is 1.47 bits per heavy atom. The summed E-state index contributed by atoms with van der Waals surface area (Å²) < 4.78 is 1.05. The van der Waals surface area contributed by atoms with Gasteiger partial charge in [-0.25, -0.2) is 0 Å². The van der Waals surface area contributed by atoms with Crippen molar-refractivity contribution in [2.75, 3.05) is 6.54 Å². The third kappa shape index (κ3) is 3.96. The van der Waals surface area contributed by atoms with Crippen LogP contribution < -0.4 is 5.32 Å². The number of hydrogen-bond acceptors (Lipinski definition) is 1. The summed E-state index contributed by atoms with van der Waals surface area (Å²) in [5.74, 6) is 0.777. The molecule has 0 aliphatic heterocycles. The summed E-state index contributed by atoms with van der Waals surface area (Å²) in [5.41, 5.74) is 1.74. The highest BCUT2D eigenvalue weighted by molar-refractivity contribution is 9.10. The molecule has 106 valence electrons. The second kappa shape index (κ2) is 6.15. The summed E-state index contributed by atoms with van der Waals surface area (Å²) in [6, 6.07) is 6.76. The van der Waals surface area contributed by atoms with Crippen LogP contribution in [0.4, 0.5) is 0 Å². The van der Waals surface area contributed by atoms with Crippen LogP contribution in [-0.4, -0.2) is 12.6 Å². The minimum atomic E-state index is 0.493. The van der Waals surface area contributed by atoms with E-state index < -0.39 is 0 Å². The number of halogens is 2. The Kier molecular flexibility index (Phi) is 4.97. The van der Waals surface area contributed by atoms with Gasteiger partial charge in [0.05, 0.1) is 0 Å². The van der Waals surface area contributed by atoms with Crippen LogP contribution in [0.25, 0.3) is 0 Å². The molecule has 0 spiro atoms. The summed E-state index contributed by atoms with van der Waals surface area (Å²) in [5, 5.41) is 4.58. The van der Waals surface area contributed by atoms with Gasteiger partial charge in [-0.3, -0.25) is 0 Å². The molecule has 1 aromatic rings. The van der Waals surface area contributed by atoms with E-state index in [1.54, 1.807) is 0 Å². The summed E-state index contributed by atoms with van der Waals surface area (Å²) in [6.45, 7) is 8.03. The molecule has 0 bridgehead atoms. The SMILES string of the molecule is CCCNC(Cc1ccc(Br)cc1Cl)C1CC1(C)C. The Labute approximate surface area is 130 Å². The minimum absolute atomic E-state index is 0.493. The Hall–Kier alpha value is -0.0500. The van der Waals surface area contributed by atoms with Gasteiger partial charge in [-0.15, -0.1) is 0 Å². The Morgan fingerprint density at radius 3 is 2.68 bits per heavy atom. The van der Waals surface area contributed by atoms with E-state index in [0.29, 0.717) is 11.5 Å². The minimum Gasteiger partial charge on any atom is -0.313 e. The summed E-state index contributed by atoms with van der Waals surface area (Å²) >= 11 is 9.81. The second-order valence-corrected chi connectivity index (χ2v) is 7.62. The van der Waals surface area contributed by atoms with Crippen LogP contribution in [0, 0.1) is 11.3 Å². The molecular formula is C16H23BrClN. The Balaban J connectivity index is 2.07. The topological polar surface area (TPSA) is 12.0 Å². The summed E-state index contributed by atoms with van der Waals surface area (Å²) in [4.78, 5) is 0. The monoisotopic (exact) mass is 343 g/mol. The standard InChI is InChI=1S/C16H23BrClN/c1-4-7-19-15(13-10-16(13,2)3)8-11-5-6-12(17)9-14(11)18/h5-6,9,13,15,19H,4,7-8,10H2,1-3H3. The van der Waals surface area contributed by atoms with E-state index in [4.69, 9.17) is 11.6 Å². The van der Waals surface area contributed by atoms with Gasteiger partial charge in [0.1, 0.15) is 0 Å². The highest BCUT2D eigenvalue weighted by atomic mass is 79.9. The van der Waals surface area contributed by atoms with E-state index in [2.05, 4.69) is 54.2 Å². The van der Waals surface area contributed by atoms with Crippen LogP contribution >= 0.6 is 27.5 Å². The lowest BCUT2D eigenvalue weighted by molar-refractivity contribution is 0.402. The fourth-order valence-electron chi connectivity index (χ4n) is 2.81. The van der Waals surface area contributed by atoms with Crippen LogP contribution in [-0.2, 0) is 6.42 Å². The predicted molar refractivity (Wildman–Crippen MR) is 86.8 cm³/mol. The van der Waals surface area contributed by atoms with Gasteiger partial charge >= 0.3 is 0 Å². The molecular weight excluding hydrogens is 322 g/mol. The molecule has 0 aromatic heterocycles. The van der Waals surface area contributed by atoms with E-state index in [9.17, 15) is 0 Å². The highest BCUT2D eigenvalue weighted by Gasteiger charge is 2.49. The van der Waals surface area contributed by atoms with Crippen molar-refractivity contribution in [3.8, 4) is 0 Å². The highest BCUT2D eigenvalue weighted by Crippen LogP contribution is 2.54. The second-order valence-electron chi connectivity index (χ2n) is 6.30. The zero-order valence-corrected chi connectivity index (χ0v) is 14.3. The van der Waals surface area contributed by atoms with Crippen molar-refractivity contribution in [2.45, 2.75) is 46.1 Å². The lowest BCUT2D eigenvalue weighted by atomic mass is 9.97. The van der Waals surface area contributed by atoms with Crippen LogP contribution in [0.1, 0.15) is 39.2 Å². The molecule has 3 heteroatoms. The average molecular weight is 345 g/mol. The molecule has 0 radical (unpaired) electrons. The van der Waals surface area contributed by atoms with E-state index in [1.807, 2.05) is 6.07 Å². The normalized spacial score (nSPS) is 22.3. The van der Waals surface area contributed by atoms with Gasteiger partial charge in [-0.05, 0) is 54.8 Å². The lowest BCUT2D eigenvalue weighted by Gasteiger charge is -2.21. The molecule has 1 saturated carbocycles. The molecule has 1 N–H and O–H groups in total. The first-order valence-corrected chi connectivity index (χ1v) is 8.28. The number of nitrogens with one attached hydrogen (secondary N) is 1. The van der Waals surface area contributed by atoms with Crippen LogP contribution in [0.15, 0.2) is 22.7 Å². The van der Waals surface area contributed by atoms with Gasteiger partial charge in [0.2, 0.25) is 0 Å². The van der Waals surface area contributed by atoms with Crippen molar-refractivity contribution in [3.05, 3.63) is 33.3 Å². The van der Waals surface area contributed by atoms with Gasteiger partial charge < -0.3 is 5.32 Å². The van der Waals surface area contributed by atoms with Crippen molar-refractivity contribution in [2.24, 2.45) is 11.3 Å². The molecule has 1 fully saturated rings. The number of hydrogen-bond donors (Lipinski definition) is 1. The fraction of sp³-hybridized carbons (Fsp3) is 0.625. The lowest BCUT2D eigenvalue weighted by Crippen LogP contribution is -2.35. The maximum absolute atomic E-state index is 6.35. The van der Waals surface area contributed by atoms with E-state index in [0.717, 1.165) is 28.4 Å². The van der Waals surface area contributed by atoms with Crippen LogP contribution in [0.3, 0.4) is 0 Å². The molecule has 0 saturated heterocycles. The van der Waals surface area contributed by atoms with Crippen molar-refractivity contribution in [3.63, 3.8) is 0 Å². The zero-order valence-electron chi connectivity index (χ0n) is 12.0.